The van der Waals surface area contributed by atoms with Crippen LogP contribution in [0.2, 0.25) is 0 Å². The first-order chi connectivity index (χ1) is 37.5. The molecule has 0 radical (unpaired) electrons. The second-order valence-electron chi connectivity index (χ2n) is 23.9. The molecule has 0 bridgehead atoms. The lowest BCUT2D eigenvalue weighted by molar-refractivity contribution is -0.870. The molecule has 77 heavy (non-hydrogen) atoms. The van der Waals surface area contributed by atoms with E-state index in [1.165, 1.54) is 250 Å². The molecule has 0 aliphatic carbocycles. The molecule has 0 aliphatic rings. The molecule has 0 aliphatic heterocycles. The monoisotopic (exact) mass is 1110 g/mol. The van der Waals surface area contributed by atoms with Crippen LogP contribution in [-0.4, -0.2) is 74.9 Å². The maximum atomic E-state index is 12.8. The van der Waals surface area contributed by atoms with Crippen molar-refractivity contribution in [2.75, 3.05) is 47.5 Å². The van der Waals surface area contributed by atoms with Gasteiger partial charge < -0.3 is 18.9 Å². The molecular weight excluding hydrogens is 978 g/mol. The van der Waals surface area contributed by atoms with Crippen LogP contribution in [0.5, 0.6) is 0 Å². The number of esters is 2. The van der Waals surface area contributed by atoms with Gasteiger partial charge in [-0.25, -0.2) is 4.57 Å². The number of ether oxygens (including phenoxy) is 2. The van der Waals surface area contributed by atoms with Crippen molar-refractivity contribution in [2.45, 2.75) is 335 Å². The molecule has 0 amide bonds. The van der Waals surface area contributed by atoms with Crippen LogP contribution in [0.25, 0.3) is 0 Å². The van der Waals surface area contributed by atoms with Gasteiger partial charge in [0.1, 0.15) is 19.8 Å². The summed E-state index contributed by atoms with van der Waals surface area (Å²) in [5, 5.41) is 0. The highest BCUT2D eigenvalue weighted by Crippen LogP contribution is 2.43. The number of carbonyl (C=O) groups excluding carboxylic acids is 2. The summed E-state index contributed by atoms with van der Waals surface area (Å²) in [4.78, 5) is 35.7. The summed E-state index contributed by atoms with van der Waals surface area (Å²) in [6, 6.07) is 0. The van der Waals surface area contributed by atoms with Crippen LogP contribution in [0, 0.1) is 0 Å². The third-order valence-corrected chi connectivity index (χ3v) is 15.9. The van der Waals surface area contributed by atoms with Crippen molar-refractivity contribution in [1.29, 1.82) is 0 Å². The van der Waals surface area contributed by atoms with Gasteiger partial charge in [-0.1, -0.05) is 301 Å². The zero-order chi connectivity index (χ0) is 56.3. The van der Waals surface area contributed by atoms with E-state index in [4.69, 9.17) is 18.5 Å². The lowest BCUT2D eigenvalue weighted by atomic mass is 10.0. The van der Waals surface area contributed by atoms with E-state index in [9.17, 15) is 19.0 Å². The van der Waals surface area contributed by atoms with Crippen molar-refractivity contribution in [1.82, 2.24) is 0 Å². The van der Waals surface area contributed by atoms with E-state index in [0.717, 1.165) is 44.9 Å². The molecule has 10 heteroatoms. The molecule has 1 N–H and O–H groups in total. The summed E-state index contributed by atoms with van der Waals surface area (Å²) in [6.07, 6.45) is 73.9. The van der Waals surface area contributed by atoms with Crippen molar-refractivity contribution in [3.63, 3.8) is 0 Å². The first-order valence-corrected chi connectivity index (χ1v) is 34.7. The van der Waals surface area contributed by atoms with Crippen LogP contribution in [0.4, 0.5) is 0 Å². The van der Waals surface area contributed by atoms with Gasteiger partial charge in [0.25, 0.3) is 0 Å². The first-order valence-electron chi connectivity index (χ1n) is 33.2. The number of unbranched alkanes of at least 4 members (excludes halogenated alkanes) is 42. The van der Waals surface area contributed by atoms with Crippen LogP contribution in [-0.2, 0) is 32.7 Å². The van der Waals surface area contributed by atoms with Crippen LogP contribution < -0.4 is 0 Å². The van der Waals surface area contributed by atoms with Crippen molar-refractivity contribution in [2.24, 2.45) is 0 Å². The van der Waals surface area contributed by atoms with Gasteiger partial charge in [0, 0.05) is 12.8 Å². The zero-order valence-electron chi connectivity index (χ0n) is 51.7. The molecule has 0 rings (SSSR count). The van der Waals surface area contributed by atoms with Gasteiger partial charge >= 0.3 is 19.8 Å². The van der Waals surface area contributed by atoms with E-state index in [1.54, 1.807) is 0 Å². The van der Waals surface area contributed by atoms with Gasteiger partial charge in [-0.2, -0.15) is 0 Å². The summed E-state index contributed by atoms with van der Waals surface area (Å²) in [7, 11) is 1.50. The molecule has 2 unspecified atom stereocenters. The van der Waals surface area contributed by atoms with Crippen LogP contribution in [0.1, 0.15) is 328 Å². The van der Waals surface area contributed by atoms with Crippen LogP contribution >= 0.6 is 7.82 Å². The van der Waals surface area contributed by atoms with Gasteiger partial charge in [-0.3, -0.25) is 18.6 Å². The number of phosphoric ester groups is 1. The second-order valence-corrected chi connectivity index (χ2v) is 25.3. The molecule has 0 aromatic carbocycles. The molecule has 454 valence electrons. The number of phosphoric acid groups is 1. The predicted molar refractivity (Wildman–Crippen MR) is 330 cm³/mol. The zero-order valence-corrected chi connectivity index (χ0v) is 52.6. The Bertz CT molecular complexity index is 1390. The Morgan fingerprint density at radius 3 is 1.04 bits per heavy atom. The SMILES string of the molecule is CCCCCCC/C=C\C/C=C\C/C=C\CCCCCCCCCCCCCCCCCCCCCCCCC(=O)OC(COC(=O)CCCCCCCCCCCCCCCCCC)COP(=O)(O)OCC[N+](C)(C)C. The van der Waals surface area contributed by atoms with Crippen molar-refractivity contribution < 1.29 is 42.1 Å². The predicted octanol–water partition coefficient (Wildman–Crippen LogP) is 21.1. The maximum absolute atomic E-state index is 12.8. The fraction of sp³-hybridized carbons (Fsp3) is 0.881. The van der Waals surface area contributed by atoms with Gasteiger partial charge in [-0.15, -0.1) is 0 Å². The van der Waals surface area contributed by atoms with Crippen LogP contribution in [0.15, 0.2) is 36.5 Å². The van der Waals surface area contributed by atoms with Crippen molar-refractivity contribution >= 4 is 19.8 Å². The topological polar surface area (TPSA) is 108 Å². The van der Waals surface area contributed by atoms with E-state index in [-0.39, 0.29) is 25.6 Å². The van der Waals surface area contributed by atoms with Crippen molar-refractivity contribution in [3.05, 3.63) is 36.5 Å². The summed E-state index contributed by atoms with van der Waals surface area (Å²) in [5.41, 5.74) is 0. The molecule has 0 saturated heterocycles. The lowest BCUT2D eigenvalue weighted by Gasteiger charge is -2.24. The average molecular weight is 1110 g/mol. The van der Waals surface area contributed by atoms with E-state index in [1.807, 2.05) is 21.1 Å². The Hall–Kier alpha value is -1.77. The minimum atomic E-state index is -4.38. The number of hydrogen-bond donors (Lipinski definition) is 1. The Kier molecular flexibility index (Phi) is 57.5. The molecule has 0 aromatic rings. The third-order valence-electron chi connectivity index (χ3n) is 14.9. The van der Waals surface area contributed by atoms with E-state index < -0.39 is 26.5 Å². The molecule has 2 atom stereocenters. The fourth-order valence-corrected chi connectivity index (χ4v) is 10.5. The smallest absolute Gasteiger partial charge is 0.462 e. The van der Waals surface area contributed by atoms with Gasteiger partial charge in [-0.05, 0) is 51.4 Å². The fourth-order valence-electron chi connectivity index (χ4n) is 9.79. The van der Waals surface area contributed by atoms with E-state index in [2.05, 4.69) is 50.3 Å². The Morgan fingerprint density at radius 2 is 0.701 bits per heavy atom. The molecule has 0 heterocycles. The number of likely N-dealkylation sites (N-methyl/N-ethyl adjacent to an activating group) is 1. The Morgan fingerprint density at radius 1 is 0.403 bits per heavy atom. The summed E-state index contributed by atoms with van der Waals surface area (Å²) < 4.78 is 34.6. The molecule has 0 aromatic heterocycles. The second kappa shape index (κ2) is 58.9. The Labute approximate surface area is 478 Å². The number of nitrogens with zero attached hydrogens (tertiary/aromatic N) is 1. The number of allylic oxidation sites excluding steroid dienone is 6. The standard InChI is InChI=1S/C67H128NO8P/c1-6-8-10-12-14-16-18-20-22-24-25-26-27-28-29-30-31-32-33-34-35-36-37-38-39-40-41-42-43-44-46-48-50-52-54-56-58-60-67(70)76-65(64-75-77(71,72)74-62-61-68(3,4)5)63-73-66(69)59-57-55-53-51-49-47-45-23-21-19-17-15-13-11-9-7-2/h18,20,24-25,27-28,65H,6-17,19,21-23,26,29-64H2,1-5H3/p+1/b20-18-,25-24-,28-27-. The molecular formula is C67H129NO8P+. The van der Waals surface area contributed by atoms with E-state index >= 15 is 0 Å². The number of carbonyl (C=O) groups is 2. The molecule has 0 spiro atoms. The summed E-state index contributed by atoms with van der Waals surface area (Å²) in [6.45, 7) is 4.48. The van der Waals surface area contributed by atoms with Crippen LogP contribution in [0.3, 0.4) is 0 Å². The quantitative estimate of drug-likeness (QED) is 0.0211. The largest absolute Gasteiger partial charge is 0.472 e. The van der Waals surface area contributed by atoms with Gasteiger partial charge in [0.15, 0.2) is 6.10 Å². The van der Waals surface area contributed by atoms with Gasteiger partial charge in [0.05, 0.1) is 27.7 Å². The molecule has 0 fully saturated rings. The van der Waals surface area contributed by atoms with Crippen molar-refractivity contribution in [3.8, 4) is 0 Å². The minimum Gasteiger partial charge on any atom is -0.462 e. The van der Waals surface area contributed by atoms with E-state index in [0.29, 0.717) is 23.9 Å². The Balaban J connectivity index is 3.93. The highest BCUT2D eigenvalue weighted by molar-refractivity contribution is 7.47. The number of quaternary nitrogens is 1. The number of rotatable bonds is 62. The average Bonchev–Trinajstić information content (AvgIpc) is 3.39. The lowest BCUT2D eigenvalue weighted by Crippen LogP contribution is -2.37. The highest BCUT2D eigenvalue weighted by Gasteiger charge is 2.27. The summed E-state index contributed by atoms with van der Waals surface area (Å²) >= 11 is 0. The highest BCUT2D eigenvalue weighted by atomic mass is 31.2. The minimum absolute atomic E-state index is 0.0352. The summed E-state index contributed by atoms with van der Waals surface area (Å²) in [5.74, 6) is -0.777. The number of hydrogen-bond acceptors (Lipinski definition) is 7. The molecule has 9 nitrogen and oxygen atoms in total. The third kappa shape index (κ3) is 63.3. The normalized spacial score (nSPS) is 13.4. The molecule has 0 saturated carbocycles. The van der Waals surface area contributed by atoms with Gasteiger partial charge in [0.2, 0.25) is 0 Å². The first kappa shape index (κ1) is 75.2. The maximum Gasteiger partial charge on any atom is 0.472 e.